The van der Waals surface area contributed by atoms with Crippen LogP contribution in [0, 0.1) is 5.92 Å². The number of aryl methyl sites for hydroxylation is 1. The van der Waals surface area contributed by atoms with E-state index >= 15 is 0 Å². The van der Waals surface area contributed by atoms with Crippen LogP contribution in [0.25, 0.3) is 0 Å². The zero-order chi connectivity index (χ0) is 13.7. The molecule has 0 aliphatic heterocycles. The highest BCUT2D eigenvalue weighted by molar-refractivity contribution is 4.86. The van der Waals surface area contributed by atoms with Gasteiger partial charge in [-0.25, -0.2) is 4.79 Å². The topological polar surface area (TPSA) is 39.0 Å². The standard InChI is InChI=1S/C15H27N3O/c1-3-9-17-10-11-18(15(17)19)12-14(16-4-2)13-7-5-6-8-13/h10-11,13-14,16H,3-9,12H2,1-2H3. The molecule has 0 amide bonds. The third-order valence-electron chi connectivity index (χ3n) is 4.21. The van der Waals surface area contributed by atoms with Crippen LogP contribution in [0.1, 0.15) is 46.0 Å². The summed E-state index contributed by atoms with van der Waals surface area (Å²) in [5, 5.41) is 3.57. The molecule has 0 bridgehead atoms. The first-order chi connectivity index (χ1) is 9.26. The van der Waals surface area contributed by atoms with Crippen molar-refractivity contribution in [1.82, 2.24) is 14.5 Å². The van der Waals surface area contributed by atoms with Gasteiger partial charge in [-0.05, 0) is 31.7 Å². The Morgan fingerprint density at radius 1 is 1.26 bits per heavy atom. The summed E-state index contributed by atoms with van der Waals surface area (Å²) in [4.78, 5) is 12.2. The van der Waals surface area contributed by atoms with Crippen LogP contribution >= 0.6 is 0 Å². The molecule has 1 unspecified atom stereocenters. The SMILES string of the molecule is CCCn1ccn(CC(NCC)C2CCCC2)c1=O. The Morgan fingerprint density at radius 2 is 1.95 bits per heavy atom. The minimum Gasteiger partial charge on any atom is -0.312 e. The maximum atomic E-state index is 12.2. The van der Waals surface area contributed by atoms with Crippen molar-refractivity contribution in [3.05, 3.63) is 22.9 Å². The number of aromatic nitrogens is 2. The predicted molar refractivity (Wildman–Crippen MR) is 78.4 cm³/mol. The number of hydrogen-bond acceptors (Lipinski definition) is 2. The number of imidazole rings is 1. The van der Waals surface area contributed by atoms with Crippen molar-refractivity contribution in [2.45, 2.75) is 65.1 Å². The lowest BCUT2D eigenvalue weighted by Gasteiger charge is -2.24. The van der Waals surface area contributed by atoms with E-state index in [0.717, 1.165) is 32.0 Å². The van der Waals surface area contributed by atoms with Crippen molar-refractivity contribution in [2.75, 3.05) is 6.54 Å². The highest BCUT2D eigenvalue weighted by atomic mass is 16.1. The molecule has 1 fully saturated rings. The summed E-state index contributed by atoms with van der Waals surface area (Å²) in [5.74, 6) is 0.737. The molecule has 1 saturated carbocycles. The zero-order valence-electron chi connectivity index (χ0n) is 12.3. The van der Waals surface area contributed by atoms with Crippen molar-refractivity contribution in [1.29, 1.82) is 0 Å². The second kappa shape index (κ2) is 6.94. The monoisotopic (exact) mass is 265 g/mol. The first-order valence-electron chi connectivity index (χ1n) is 7.75. The fourth-order valence-electron chi connectivity index (χ4n) is 3.22. The Kier molecular flexibility index (Phi) is 5.25. The van der Waals surface area contributed by atoms with Crippen molar-refractivity contribution < 1.29 is 0 Å². The third-order valence-corrected chi connectivity index (χ3v) is 4.21. The Bertz CT molecular complexity index is 429. The first kappa shape index (κ1) is 14.4. The molecule has 1 N–H and O–H groups in total. The number of nitrogens with zero attached hydrogens (tertiary/aromatic N) is 2. The second-order valence-electron chi connectivity index (χ2n) is 5.64. The maximum absolute atomic E-state index is 12.2. The molecule has 0 spiro atoms. The van der Waals surface area contributed by atoms with Crippen LogP contribution in [0.15, 0.2) is 17.2 Å². The van der Waals surface area contributed by atoms with Gasteiger partial charge in [-0.2, -0.15) is 0 Å². The van der Waals surface area contributed by atoms with E-state index in [9.17, 15) is 4.79 Å². The van der Waals surface area contributed by atoms with Gasteiger partial charge in [0.05, 0.1) is 0 Å². The lowest BCUT2D eigenvalue weighted by molar-refractivity contribution is 0.323. The van der Waals surface area contributed by atoms with Gasteiger partial charge >= 0.3 is 5.69 Å². The van der Waals surface area contributed by atoms with Gasteiger partial charge in [0, 0.05) is 31.5 Å². The van der Waals surface area contributed by atoms with E-state index in [1.165, 1.54) is 25.7 Å². The number of hydrogen-bond donors (Lipinski definition) is 1. The molecule has 1 aromatic rings. The molecule has 1 aliphatic rings. The number of nitrogens with one attached hydrogen (secondary N) is 1. The Balaban J connectivity index is 2.05. The smallest absolute Gasteiger partial charge is 0.312 e. The van der Waals surface area contributed by atoms with Crippen LogP contribution in [0.3, 0.4) is 0 Å². The Hall–Kier alpha value is -1.03. The molecule has 0 radical (unpaired) electrons. The van der Waals surface area contributed by atoms with Gasteiger partial charge in [0.15, 0.2) is 0 Å². The van der Waals surface area contributed by atoms with Gasteiger partial charge < -0.3 is 5.32 Å². The molecule has 4 heteroatoms. The van der Waals surface area contributed by atoms with E-state index in [-0.39, 0.29) is 5.69 Å². The van der Waals surface area contributed by atoms with Crippen LogP contribution in [-0.2, 0) is 13.1 Å². The third kappa shape index (κ3) is 3.50. The molecule has 0 aromatic carbocycles. The summed E-state index contributed by atoms with van der Waals surface area (Å²) in [7, 11) is 0. The molecule has 1 aliphatic carbocycles. The minimum atomic E-state index is 0.141. The highest BCUT2D eigenvalue weighted by Crippen LogP contribution is 2.28. The van der Waals surface area contributed by atoms with Gasteiger partial charge in [-0.3, -0.25) is 9.13 Å². The van der Waals surface area contributed by atoms with Gasteiger partial charge in [0.2, 0.25) is 0 Å². The average molecular weight is 265 g/mol. The number of rotatable bonds is 7. The summed E-state index contributed by atoms with van der Waals surface area (Å²) >= 11 is 0. The van der Waals surface area contributed by atoms with Gasteiger partial charge in [-0.1, -0.05) is 26.7 Å². The summed E-state index contributed by atoms with van der Waals surface area (Å²) in [5.41, 5.74) is 0.141. The van der Waals surface area contributed by atoms with Crippen molar-refractivity contribution in [3.63, 3.8) is 0 Å². The van der Waals surface area contributed by atoms with E-state index in [4.69, 9.17) is 0 Å². The molecule has 108 valence electrons. The van der Waals surface area contributed by atoms with Crippen LogP contribution in [0.5, 0.6) is 0 Å². The summed E-state index contributed by atoms with van der Waals surface area (Å²) in [6.45, 7) is 6.86. The van der Waals surface area contributed by atoms with Gasteiger partial charge in [0.25, 0.3) is 0 Å². The molecule has 1 atom stereocenters. The van der Waals surface area contributed by atoms with Gasteiger partial charge in [-0.15, -0.1) is 0 Å². The summed E-state index contributed by atoms with van der Waals surface area (Å²) < 4.78 is 3.69. The fraction of sp³-hybridized carbons (Fsp3) is 0.800. The molecule has 1 heterocycles. The largest absolute Gasteiger partial charge is 0.328 e. The van der Waals surface area contributed by atoms with Crippen molar-refractivity contribution in [2.24, 2.45) is 5.92 Å². The van der Waals surface area contributed by atoms with E-state index < -0.39 is 0 Å². The van der Waals surface area contributed by atoms with Crippen LogP contribution in [0.2, 0.25) is 0 Å². The summed E-state index contributed by atoms with van der Waals surface area (Å²) in [6.07, 6.45) is 10.2. The van der Waals surface area contributed by atoms with E-state index in [1.807, 2.05) is 21.5 Å². The maximum Gasteiger partial charge on any atom is 0.328 e. The fourth-order valence-corrected chi connectivity index (χ4v) is 3.22. The van der Waals surface area contributed by atoms with Gasteiger partial charge in [0.1, 0.15) is 0 Å². The zero-order valence-corrected chi connectivity index (χ0v) is 12.3. The molecule has 1 aromatic heterocycles. The lowest BCUT2D eigenvalue weighted by Crippen LogP contribution is -2.41. The Labute approximate surface area is 115 Å². The molecular weight excluding hydrogens is 238 g/mol. The van der Waals surface area contributed by atoms with Crippen LogP contribution in [-0.4, -0.2) is 21.7 Å². The van der Waals surface area contributed by atoms with E-state index in [2.05, 4.69) is 19.2 Å². The van der Waals surface area contributed by atoms with Crippen LogP contribution < -0.4 is 11.0 Å². The molecule has 19 heavy (non-hydrogen) atoms. The van der Waals surface area contributed by atoms with Crippen molar-refractivity contribution >= 4 is 0 Å². The lowest BCUT2D eigenvalue weighted by atomic mass is 9.98. The summed E-state index contributed by atoms with van der Waals surface area (Å²) in [6, 6.07) is 0.447. The quantitative estimate of drug-likeness (QED) is 0.821. The highest BCUT2D eigenvalue weighted by Gasteiger charge is 2.25. The van der Waals surface area contributed by atoms with E-state index in [1.54, 1.807) is 0 Å². The average Bonchev–Trinajstić information content (AvgIpc) is 3.03. The molecule has 2 rings (SSSR count). The first-order valence-corrected chi connectivity index (χ1v) is 7.75. The second-order valence-corrected chi connectivity index (χ2v) is 5.64. The minimum absolute atomic E-state index is 0.141. The molecule has 4 nitrogen and oxygen atoms in total. The Morgan fingerprint density at radius 3 is 2.58 bits per heavy atom. The predicted octanol–water partition coefficient (Wildman–Crippen LogP) is 2.23. The molecule has 0 saturated heterocycles. The van der Waals surface area contributed by atoms with Crippen molar-refractivity contribution in [3.8, 4) is 0 Å². The molecular formula is C15H27N3O. The number of likely N-dealkylation sites (N-methyl/N-ethyl adjacent to an activating group) is 1. The van der Waals surface area contributed by atoms with E-state index in [0.29, 0.717) is 6.04 Å². The van der Waals surface area contributed by atoms with Crippen LogP contribution in [0.4, 0.5) is 0 Å². The normalized spacial score (nSPS) is 18.0.